The van der Waals surface area contributed by atoms with Crippen LogP contribution in [0.3, 0.4) is 0 Å². The summed E-state index contributed by atoms with van der Waals surface area (Å²) in [6.07, 6.45) is 1.77. The van der Waals surface area contributed by atoms with Gasteiger partial charge in [0.15, 0.2) is 5.96 Å². The number of amides is 1. The fourth-order valence-electron chi connectivity index (χ4n) is 3.32. The molecule has 1 aromatic carbocycles. The van der Waals surface area contributed by atoms with Gasteiger partial charge in [-0.2, -0.15) is 0 Å². The van der Waals surface area contributed by atoms with Crippen LogP contribution in [-0.2, 0) is 15.7 Å². The van der Waals surface area contributed by atoms with Crippen LogP contribution < -0.4 is 10.6 Å². The minimum atomic E-state index is -0.639. The Balaban J connectivity index is 2.13. The molecule has 4 heteroatoms. The van der Waals surface area contributed by atoms with Crippen molar-refractivity contribution < 1.29 is 4.79 Å². The molecule has 1 spiro atoms. The van der Waals surface area contributed by atoms with Crippen molar-refractivity contribution in [2.45, 2.75) is 44.6 Å². The van der Waals surface area contributed by atoms with Crippen molar-refractivity contribution in [3.05, 3.63) is 35.4 Å². The fraction of sp³-hybridized carbons (Fsp3) is 0.500. The van der Waals surface area contributed by atoms with E-state index in [0.29, 0.717) is 12.5 Å². The van der Waals surface area contributed by atoms with Gasteiger partial charge >= 0.3 is 0 Å². The zero-order valence-electron chi connectivity index (χ0n) is 12.3. The monoisotopic (exact) mass is 271 g/mol. The Labute approximate surface area is 119 Å². The highest BCUT2D eigenvalue weighted by molar-refractivity contribution is 6.09. The lowest BCUT2D eigenvalue weighted by molar-refractivity contribution is -0.125. The number of carbonyl (C=O) groups excluding carboxylic acids is 1. The van der Waals surface area contributed by atoms with Crippen LogP contribution in [0.2, 0.25) is 0 Å². The molecule has 1 saturated heterocycles. The molecular formula is C16H21N3O. The molecule has 1 aromatic rings. The lowest BCUT2D eigenvalue weighted by atomic mass is 9.65. The van der Waals surface area contributed by atoms with E-state index in [9.17, 15) is 4.79 Å². The molecule has 0 radical (unpaired) electrons. The first kappa shape index (κ1) is 13.2. The van der Waals surface area contributed by atoms with Gasteiger partial charge in [0.1, 0.15) is 5.54 Å². The van der Waals surface area contributed by atoms with E-state index in [0.717, 1.165) is 18.4 Å². The zero-order valence-corrected chi connectivity index (χ0v) is 12.3. The number of aliphatic imine (C=N–C) groups is 1. The second kappa shape index (κ2) is 4.33. The fourth-order valence-corrected chi connectivity index (χ4v) is 3.32. The van der Waals surface area contributed by atoms with Gasteiger partial charge in [-0.05, 0) is 36.3 Å². The molecule has 2 N–H and O–H groups in total. The average molecular weight is 271 g/mol. The van der Waals surface area contributed by atoms with E-state index in [1.54, 1.807) is 0 Å². The van der Waals surface area contributed by atoms with Crippen molar-refractivity contribution in [1.29, 1.82) is 0 Å². The number of guanidine groups is 1. The molecule has 0 aromatic heterocycles. The van der Waals surface area contributed by atoms with E-state index in [2.05, 4.69) is 41.6 Å². The minimum Gasteiger partial charge on any atom is -0.338 e. The number of hydrogen-bond donors (Lipinski definition) is 2. The van der Waals surface area contributed by atoms with E-state index < -0.39 is 5.54 Å². The summed E-state index contributed by atoms with van der Waals surface area (Å²) >= 11 is 0. The Morgan fingerprint density at radius 1 is 1.20 bits per heavy atom. The number of nitrogens with zero attached hydrogens (tertiary/aromatic N) is 1. The normalized spacial score (nSPS) is 29.1. The lowest BCUT2D eigenvalue weighted by Crippen LogP contribution is -2.49. The van der Waals surface area contributed by atoms with Crippen LogP contribution in [0.5, 0.6) is 0 Å². The van der Waals surface area contributed by atoms with Crippen molar-refractivity contribution in [2.24, 2.45) is 4.99 Å². The smallest absolute Gasteiger partial charge is 0.257 e. The third kappa shape index (κ3) is 1.74. The molecule has 1 aliphatic heterocycles. The molecule has 1 amide bonds. The van der Waals surface area contributed by atoms with Gasteiger partial charge in [-0.3, -0.25) is 15.1 Å². The molecule has 1 unspecified atom stereocenters. The van der Waals surface area contributed by atoms with E-state index in [1.165, 1.54) is 5.56 Å². The predicted molar refractivity (Wildman–Crippen MR) is 79.6 cm³/mol. The molecule has 20 heavy (non-hydrogen) atoms. The standard InChI is InChI=1S/C16H21N3O/c1-4-17-14-18-13(20)16(19-14)10-9-15(2,3)11-7-5-6-8-12(11)16/h5-8H,4,9-10H2,1-3H3,(H2,17,18,19,20). The van der Waals surface area contributed by atoms with Crippen LogP contribution >= 0.6 is 0 Å². The number of carbonyl (C=O) groups is 1. The molecule has 4 nitrogen and oxygen atoms in total. The molecule has 1 heterocycles. The summed E-state index contributed by atoms with van der Waals surface area (Å²) in [5.74, 6) is 0.625. The highest BCUT2D eigenvalue weighted by Crippen LogP contribution is 2.45. The van der Waals surface area contributed by atoms with Gasteiger partial charge in [0.25, 0.3) is 5.91 Å². The van der Waals surface area contributed by atoms with Gasteiger partial charge in [-0.1, -0.05) is 38.1 Å². The van der Waals surface area contributed by atoms with Gasteiger partial charge in [-0.15, -0.1) is 0 Å². The predicted octanol–water partition coefficient (Wildman–Crippen LogP) is 2.05. The summed E-state index contributed by atoms with van der Waals surface area (Å²) in [6, 6.07) is 8.26. The van der Waals surface area contributed by atoms with Gasteiger partial charge in [0.05, 0.1) is 0 Å². The Morgan fingerprint density at radius 2 is 1.90 bits per heavy atom. The first-order valence-corrected chi connectivity index (χ1v) is 7.24. The zero-order chi connectivity index (χ0) is 14.4. The van der Waals surface area contributed by atoms with Crippen LogP contribution in [0.15, 0.2) is 29.3 Å². The maximum Gasteiger partial charge on any atom is 0.257 e. The first-order chi connectivity index (χ1) is 9.49. The van der Waals surface area contributed by atoms with Crippen LogP contribution in [0.4, 0.5) is 0 Å². The molecule has 1 aliphatic carbocycles. The second-order valence-corrected chi connectivity index (χ2v) is 6.24. The number of fused-ring (bicyclic) bond motifs is 2. The molecular weight excluding hydrogens is 250 g/mol. The van der Waals surface area contributed by atoms with Crippen molar-refractivity contribution in [3.8, 4) is 0 Å². The van der Waals surface area contributed by atoms with Crippen LogP contribution in [0.1, 0.15) is 44.7 Å². The molecule has 3 rings (SSSR count). The lowest BCUT2D eigenvalue weighted by Gasteiger charge is -2.41. The highest BCUT2D eigenvalue weighted by atomic mass is 16.2. The van der Waals surface area contributed by atoms with Crippen LogP contribution in [-0.4, -0.2) is 18.4 Å². The van der Waals surface area contributed by atoms with Gasteiger partial charge in [0, 0.05) is 6.54 Å². The largest absolute Gasteiger partial charge is 0.338 e. The third-order valence-corrected chi connectivity index (χ3v) is 4.51. The maximum atomic E-state index is 12.6. The Hall–Kier alpha value is -1.84. The van der Waals surface area contributed by atoms with E-state index in [-0.39, 0.29) is 11.3 Å². The summed E-state index contributed by atoms with van der Waals surface area (Å²) in [7, 11) is 0. The highest BCUT2D eigenvalue weighted by Gasteiger charge is 2.51. The van der Waals surface area contributed by atoms with Crippen LogP contribution in [0.25, 0.3) is 0 Å². The summed E-state index contributed by atoms with van der Waals surface area (Å²) < 4.78 is 0. The number of rotatable bonds is 1. The third-order valence-electron chi connectivity index (χ3n) is 4.51. The molecule has 106 valence electrons. The number of hydrogen-bond acceptors (Lipinski definition) is 2. The molecule has 2 aliphatic rings. The average Bonchev–Trinajstić information content (AvgIpc) is 2.73. The topological polar surface area (TPSA) is 53.5 Å². The number of nitrogens with one attached hydrogen (secondary N) is 2. The molecule has 0 saturated carbocycles. The van der Waals surface area contributed by atoms with E-state index >= 15 is 0 Å². The quantitative estimate of drug-likeness (QED) is 0.821. The molecule has 1 fully saturated rings. The second-order valence-electron chi connectivity index (χ2n) is 6.24. The van der Waals surface area contributed by atoms with Gasteiger partial charge < -0.3 is 5.32 Å². The molecule has 1 atom stereocenters. The van der Waals surface area contributed by atoms with Crippen molar-refractivity contribution >= 4 is 11.9 Å². The molecule has 0 bridgehead atoms. The van der Waals surface area contributed by atoms with Crippen molar-refractivity contribution in [1.82, 2.24) is 10.6 Å². The Kier molecular flexibility index (Phi) is 2.85. The summed E-state index contributed by atoms with van der Waals surface area (Å²) in [5.41, 5.74) is 1.82. The SMILES string of the molecule is CCN=C1NC(=O)C2(CCC(C)(C)c3ccccc32)N1. The van der Waals surface area contributed by atoms with Crippen molar-refractivity contribution in [2.75, 3.05) is 6.54 Å². The summed E-state index contributed by atoms with van der Waals surface area (Å²) in [6.45, 7) is 7.11. The summed E-state index contributed by atoms with van der Waals surface area (Å²) in [4.78, 5) is 16.9. The van der Waals surface area contributed by atoms with E-state index in [4.69, 9.17) is 0 Å². The summed E-state index contributed by atoms with van der Waals surface area (Å²) in [5, 5.41) is 6.22. The van der Waals surface area contributed by atoms with E-state index in [1.807, 2.05) is 19.1 Å². The Bertz CT molecular complexity index is 591. The van der Waals surface area contributed by atoms with Gasteiger partial charge in [-0.25, -0.2) is 0 Å². The minimum absolute atomic E-state index is 0.0210. The van der Waals surface area contributed by atoms with Crippen LogP contribution in [0, 0.1) is 0 Å². The number of benzene rings is 1. The Morgan fingerprint density at radius 3 is 2.60 bits per heavy atom. The maximum absolute atomic E-state index is 12.6. The first-order valence-electron chi connectivity index (χ1n) is 7.24. The van der Waals surface area contributed by atoms with Gasteiger partial charge in [0.2, 0.25) is 0 Å². The van der Waals surface area contributed by atoms with Crippen molar-refractivity contribution in [3.63, 3.8) is 0 Å².